The van der Waals surface area contributed by atoms with E-state index in [1.54, 1.807) is 28.0 Å². The van der Waals surface area contributed by atoms with E-state index < -0.39 is 5.60 Å². The van der Waals surface area contributed by atoms with Crippen LogP contribution in [0.15, 0.2) is 18.2 Å². The molecule has 1 aliphatic rings. The van der Waals surface area contributed by atoms with Crippen molar-refractivity contribution < 1.29 is 14.3 Å². The molecule has 0 N–H and O–H groups in total. The molecule has 0 bridgehead atoms. The van der Waals surface area contributed by atoms with Gasteiger partial charge in [-0.1, -0.05) is 29.3 Å². The third-order valence-corrected chi connectivity index (χ3v) is 4.03. The first kappa shape index (κ1) is 17.9. The molecule has 1 fully saturated rings. The molecule has 2 amide bonds. The summed E-state index contributed by atoms with van der Waals surface area (Å²) in [5.74, 6) is -0.218. The molecule has 23 heavy (non-hydrogen) atoms. The van der Waals surface area contributed by atoms with E-state index in [1.165, 1.54) is 0 Å². The lowest BCUT2D eigenvalue weighted by molar-refractivity contribution is 0.0141. The zero-order valence-electron chi connectivity index (χ0n) is 13.4. The van der Waals surface area contributed by atoms with Crippen LogP contribution in [0.3, 0.4) is 0 Å². The zero-order chi connectivity index (χ0) is 17.2. The number of halogens is 2. The van der Waals surface area contributed by atoms with E-state index >= 15 is 0 Å². The normalized spacial score (nSPS) is 15.5. The molecule has 1 aliphatic heterocycles. The van der Waals surface area contributed by atoms with Crippen LogP contribution in [0.2, 0.25) is 10.0 Å². The largest absolute Gasteiger partial charge is 0.444 e. The summed E-state index contributed by atoms with van der Waals surface area (Å²) in [4.78, 5) is 27.8. The summed E-state index contributed by atoms with van der Waals surface area (Å²) in [7, 11) is 0. The average Bonchev–Trinajstić information content (AvgIpc) is 2.45. The first-order chi connectivity index (χ1) is 10.7. The van der Waals surface area contributed by atoms with Crippen molar-refractivity contribution in [3.8, 4) is 0 Å². The van der Waals surface area contributed by atoms with E-state index in [1.807, 2.05) is 20.8 Å². The number of hydrogen-bond donors (Lipinski definition) is 0. The fourth-order valence-electron chi connectivity index (χ4n) is 2.28. The molecule has 1 saturated heterocycles. The Labute approximate surface area is 146 Å². The summed E-state index contributed by atoms with van der Waals surface area (Å²) >= 11 is 12.2. The minimum Gasteiger partial charge on any atom is -0.444 e. The van der Waals surface area contributed by atoms with Crippen molar-refractivity contribution in [3.63, 3.8) is 0 Å². The standard InChI is InChI=1S/C16H20Cl2N2O3/c1-16(2,3)23-15(22)20-9-7-19(8-10-20)14(21)13-11(17)5-4-6-12(13)18/h4-6H,7-10H2,1-3H3. The van der Waals surface area contributed by atoms with E-state index in [-0.39, 0.29) is 12.0 Å². The summed E-state index contributed by atoms with van der Waals surface area (Å²) in [5, 5.41) is 0.661. The Kier molecular flexibility index (Phi) is 5.42. The van der Waals surface area contributed by atoms with Crippen LogP contribution < -0.4 is 0 Å². The predicted molar refractivity (Wildman–Crippen MR) is 90.2 cm³/mol. The van der Waals surface area contributed by atoms with Gasteiger partial charge >= 0.3 is 6.09 Å². The molecular formula is C16H20Cl2N2O3. The fourth-order valence-corrected chi connectivity index (χ4v) is 2.84. The van der Waals surface area contributed by atoms with Gasteiger partial charge in [0, 0.05) is 26.2 Å². The first-order valence-electron chi connectivity index (χ1n) is 7.40. The van der Waals surface area contributed by atoms with Crippen molar-refractivity contribution in [1.82, 2.24) is 9.80 Å². The number of nitrogens with zero attached hydrogens (tertiary/aromatic N) is 2. The highest BCUT2D eigenvalue weighted by molar-refractivity contribution is 6.39. The van der Waals surface area contributed by atoms with Gasteiger partial charge < -0.3 is 14.5 Å². The molecule has 0 saturated carbocycles. The van der Waals surface area contributed by atoms with Crippen LogP contribution in [0.5, 0.6) is 0 Å². The van der Waals surface area contributed by atoms with E-state index in [9.17, 15) is 9.59 Å². The van der Waals surface area contributed by atoms with Crippen LogP contribution >= 0.6 is 23.2 Å². The third-order valence-electron chi connectivity index (χ3n) is 3.40. The molecule has 1 aromatic rings. The SMILES string of the molecule is CC(C)(C)OC(=O)N1CCN(C(=O)c2c(Cl)cccc2Cl)CC1. The van der Waals surface area contributed by atoms with Crippen molar-refractivity contribution in [2.24, 2.45) is 0 Å². The van der Waals surface area contributed by atoms with Gasteiger partial charge in [0.25, 0.3) is 5.91 Å². The number of amides is 2. The lowest BCUT2D eigenvalue weighted by atomic mass is 10.1. The first-order valence-corrected chi connectivity index (χ1v) is 8.16. The number of hydrogen-bond acceptors (Lipinski definition) is 3. The molecule has 126 valence electrons. The monoisotopic (exact) mass is 358 g/mol. The number of carbonyl (C=O) groups is 2. The number of rotatable bonds is 1. The highest BCUT2D eigenvalue weighted by Gasteiger charge is 2.29. The highest BCUT2D eigenvalue weighted by atomic mass is 35.5. The molecule has 7 heteroatoms. The molecule has 2 rings (SSSR count). The van der Waals surface area contributed by atoms with Gasteiger partial charge in [0.05, 0.1) is 15.6 Å². The third kappa shape index (κ3) is 4.52. The zero-order valence-corrected chi connectivity index (χ0v) is 14.9. The van der Waals surface area contributed by atoms with Crippen LogP contribution in [0.1, 0.15) is 31.1 Å². The van der Waals surface area contributed by atoms with Crippen molar-refractivity contribution in [3.05, 3.63) is 33.8 Å². The van der Waals surface area contributed by atoms with Gasteiger partial charge in [0.1, 0.15) is 5.60 Å². The Morgan fingerprint density at radius 3 is 1.96 bits per heavy atom. The maximum Gasteiger partial charge on any atom is 0.410 e. The number of piperazine rings is 1. The molecule has 1 aromatic carbocycles. The summed E-state index contributed by atoms with van der Waals surface area (Å²) in [6.07, 6.45) is -0.361. The molecule has 0 aliphatic carbocycles. The Morgan fingerprint density at radius 1 is 1.00 bits per heavy atom. The van der Waals surface area contributed by atoms with E-state index in [0.29, 0.717) is 41.8 Å². The Balaban J connectivity index is 1.99. The molecule has 0 spiro atoms. The van der Waals surface area contributed by atoms with Crippen molar-refractivity contribution >= 4 is 35.2 Å². The van der Waals surface area contributed by atoms with Gasteiger partial charge in [-0.2, -0.15) is 0 Å². The second-order valence-electron chi connectivity index (χ2n) is 6.36. The maximum atomic E-state index is 12.6. The summed E-state index contributed by atoms with van der Waals surface area (Å²) in [5.41, 5.74) is -0.226. The molecule has 5 nitrogen and oxygen atoms in total. The molecule has 0 atom stereocenters. The predicted octanol–water partition coefficient (Wildman–Crippen LogP) is 3.69. The lowest BCUT2D eigenvalue weighted by Gasteiger charge is -2.35. The molecule has 1 heterocycles. The second-order valence-corrected chi connectivity index (χ2v) is 7.17. The Hall–Kier alpha value is -1.46. The van der Waals surface area contributed by atoms with E-state index in [2.05, 4.69) is 0 Å². The second kappa shape index (κ2) is 6.97. The van der Waals surface area contributed by atoms with Crippen LogP contribution in [0.25, 0.3) is 0 Å². The van der Waals surface area contributed by atoms with Crippen molar-refractivity contribution in [2.75, 3.05) is 26.2 Å². The highest BCUT2D eigenvalue weighted by Crippen LogP contribution is 2.26. The molecule has 0 radical (unpaired) electrons. The minimum absolute atomic E-state index is 0.218. The van der Waals surface area contributed by atoms with E-state index in [0.717, 1.165) is 0 Å². The molecule has 0 aromatic heterocycles. The summed E-state index contributed by atoms with van der Waals surface area (Å²) < 4.78 is 5.34. The number of ether oxygens (including phenoxy) is 1. The minimum atomic E-state index is -0.533. The van der Waals surface area contributed by atoms with Gasteiger partial charge in [-0.15, -0.1) is 0 Å². The van der Waals surface area contributed by atoms with Crippen LogP contribution in [0.4, 0.5) is 4.79 Å². The van der Waals surface area contributed by atoms with Crippen molar-refractivity contribution in [2.45, 2.75) is 26.4 Å². The number of benzene rings is 1. The van der Waals surface area contributed by atoms with Crippen LogP contribution in [0, 0.1) is 0 Å². The molecular weight excluding hydrogens is 339 g/mol. The van der Waals surface area contributed by atoms with Gasteiger partial charge in [0.2, 0.25) is 0 Å². The lowest BCUT2D eigenvalue weighted by Crippen LogP contribution is -2.51. The maximum absolute atomic E-state index is 12.6. The van der Waals surface area contributed by atoms with Gasteiger partial charge in [0.15, 0.2) is 0 Å². The van der Waals surface area contributed by atoms with Crippen LogP contribution in [-0.2, 0) is 4.74 Å². The number of carbonyl (C=O) groups excluding carboxylic acids is 2. The fraction of sp³-hybridized carbons (Fsp3) is 0.500. The topological polar surface area (TPSA) is 49.9 Å². The van der Waals surface area contributed by atoms with Gasteiger partial charge in [-0.25, -0.2) is 4.79 Å². The average molecular weight is 359 g/mol. The van der Waals surface area contributed by atoms with E-state index in [4.69, 9.17) is 27.9 Å². The Bertz CT molecular complexity index is 586. The Morgan fingerprint density at radius 2 is 1.48 bits per heavy atom. The van der Waals surface area contributed by atoms with Gasteiger partial charge in [-0.3, -0.25) is 4.79 Å². The quantitative estimate of drug-likeness (QED) is 0.769. The van der Waals surface area contributed by atoms with Crippen LogP contribution in [-0.4, -0.2) is 53.6 Å². The molecule has 0 unspecified atom stereocenters. The summed E-state index contributed by atoms with van der Waals surface area (Å²) in [6.45, 7) is 7.14. The van der Waals surface area contributed by atoms with Crippen molar-refractivity contribution in [1.29, 1.82) is 0 Å². The summed E-state index contributed by atoms with van der Waals surface area (Å²) in [6, 6.07) is 4.97. The smallest absolute Gasteiger partial charge is 0.410 e. The van der Waals surface area contributed by atoms with Gasteiger partial charge in [-0.05, 0) is 32.9 Å².